The summed E-state index contributed by atoms with van der Waals surface area (Å²) in [5, 5.41) is 27.4. The molecule has 164 valence electrons. The second-order valence-electron chi connectivity index (χ2n) is 7.54. The molecule has 2 atom stereocenters. The molecule has 0 bridgehead atoms. The van der Waals surface area contributed by atoms with Crippen molar-refractivity contribution in [2.45, 2.75) is 50.9 Å². The number of rotatable bonds is 8. The molecule has 0 amide bonds. The van der Waals surface area contributed by atoms with Crippen LogP contribution in [-0.4, -0.2) is 34.7 Å². The second-order valence-corrected chi connectivity index (χ2v) is 7.54. The number of benzene rings is 2. The summed E-state index contributed by atoms with van der Waals surface area (Å²) in [6.45, 7) is 0.409. The van der Waals surface area contributed by atoms with Gasteiger partial charge in [-0.25, -0.2) is 0 Å². The lowest BCUT2D eigenvalue weighted by Crippen LogP contribution is -2.27. The van der Waals surface area contributed by atoms with Gasteiger partial charge in [-0.2, -0.15) is 0 Å². The minimum atomic E-state index is -0.0475. The molecule has 2 aromatic rings. The van der Waals surface area contributed by atoms with Crippen LogP contribution in [0.1, 0.15) is 47.9 Å². The van der Waals surface area contributed by atoms with Crippen molar-refractivity contribution in [2.24, 2.45) is 20.2 Å². The number of nitrogens with zero attached hydrogens (tertiary/aromatic N) is 8. The van der Waals surface area contributed by atoms with Crippen LogP contribution in [0.2, 0.25) is 0 Å². The van der Waals surface area contributed by atoms with E-state index in [1.807, 2.05) is 0 Å². The predicted molar refractivity (Wildman–Crippen MR) is 123 cm³/mol. The SMILES string of the molecule is [N-]=[N+]=NCc1ccc(O)c(C=N[C@@H]2CCCC[C@H]2N=Cc2cc(CN=[N+]=[N-])ccc2O)c1. The number of azide groups is 2. The third-order valence-electron chi connectivity index (χ3n) is 5.32. The van der Waals surface area contributed by atoms with Crippen LogP contribution in [0.5, 0.6) is 11.5 Å². The van der Waals surface area contributed by atoms with Crippen molar-refractivity contribution in [1.82, 2.24) is 0 Å². The van der Waals surface area contributed by atoms with Gasteiger partial charge in [0.05, 0.1) is 25.2 Å². The van der Waals surface area contributed by atoms with Crippen molar-refractivity contribution in [1.29, 1.82) is 0 Å². The number of aliphatic imine (C=N–C) groups is 2. The van der Waals surface area contributed by atoms with E-state index in [4.69, 9.17) is 21.0 Å². The first kappa shape index (κ1) is 22.7. The van der Waals surface area contributed by atoms with Gasteiger partial charge in [0.1, 0.15) is 11.5 Å². The lowest BCUT2D eigenvalue weighted by molar-refractivity contribution is 0.390. The Hall–Kier alpha value is -4.00. The van der Waals surface area contributed by atoms with E-state index in [-0.39, 0.29) is 36.7 Å². The second kappa shape index (κ2) is 11.4. The topological polar surface area (TPSA) is 163 Å². The Morgan fingerprint density at radius 1 is 0.781 bits per heavy atom. The largest absolute Gasteiger partial charge is 0.507 e. The number of phenols is 2. The molecule has 2 aromatic carbocycles. The fourth-order valence-electron chi connectivity index (χ4n) is 3.63. The van der Waals surface area contributed by atoms with Crippen LogP contribution >= 0.6 is 0 Å². The zero-order valence-corrected chi connectivity index (χ0v) is 17.5. The highest BCUT2D eigenvalue weighted by Crippen LogP contribution is 2.26. The van der Waals surface area contributed by atoms with Crippen molar-refractivity contribution < 1.29 is 10.2 Å². The zero-order chi connectivity index (χ0) is 22.8. The van der Waals surface area contributed by atoms with Crippen LogP contribution < -0.4 is 0 Å². The van der Waals surface area contributed by atoms with E-state index in [1.165, 1.54) is 0 Å². The van der Waals surface area contributed by atoms with Gasteiger partial charge in [0.25, 0.3) is 0 Å². The lowest BCUT2D eigenvalue weighted by atomic mass is 9.91. The van der Waals surface area contributed by atoms with Gasteiger partial charge in [-0.3, -0.25) is 9.98 Å². The van der Waals surface area contributed by atoms with Crippen LogP contribution in [0.25, 0.3) is 20.9 Å². The molecule has 1 fully saturated rings. The van der Waals surface area contributed by atoms with Crippen LogP contribution in [0.3, 0.4) is 0 Å². The molecule has 0 radical (unpaired) electrons. The van der Waals surface area contributed by atoms with Crippen molar-refractivity contribution >= 4 is 12.4 Å². The van der Waals surface area contributed by atoms with Crippen molar-refractivity contribution in [3.8, 4) is 11.5 Å². The number of phenolic OH excluding ortho intramolecular Hbond substituents is 2. The van der Waals surface area contributed by atoms with Gasteiger partial charge in [-0.05, 0) is 59.3 Å². The van der Waals surface area contributed by atoms with E-state index in [9.17, 15) is 10.2 Å². The van der Waals surface area contributed by atoms with E-state index >= 15 is 0 Å². The molecule has 0 aliphatic heterocycles. The molecular formula is C22H24N8O2. The summed E-state index contributed by atoms with van der Waals surface area (Å²) in [6, 6.07) is 9.94. The highest BCUT2D eigenvalue weighted by Gasteiger charge is 2.23. The van der Waals surface area contributed by atoms with Crippen LogP contribution in [-0.2, 0) is 13.1 Å². The molecule has 32 heavy (non-hydrogen) atoms. The summed E-state index contributed by atoms with van der Waals surface area (Å²) in [4.78, 5) is 14.9. The fraction of sp³-hybridized carbons (Fsp3) is 0.364. The maximum Gasteiger partial charge on any atom is 0.124 e. The first-order chi connectivity index (χ1) is 15.6. The average molecular weight is 432 g/mol. The molecule has 1 saturated carbocycles. The highest BCUT2D eigenvalue weighted by atomic mass is 16.3. The molecule has 0 aromatic heterocycles. The van der Waals surface area contributed by atoms with Gasteiger partial charge < -0.3 is 10.2 Å². The standard InChI is InChI=1S/C22H24N8O2/c23-29-27-11-15-5-7-21(31)17(9-15)13-25-19-3-1-2-4-20(19)26-14-18-10-16(12-28-30-24)6-8-22(18)32/h5-10,13-14,19-20,31-32H,1-4,11-12H2/t19-,20-/m1/s1. The smallest absolute Gasteiger partial charge is 0.124 e. The lowest BCUT2D eigenvalue weighted by Gasteiger charge is -2.25. The van der Waals surface area contributed by atoms with Crippen LogP contribution in [0.15, 0.2) is 56.6 Å². The van der Waals surface area contributed by atoms with Gasteiger partial charge in [0, 0.05) is 33.4 Å². The minimum Gasteiger partial charge on any atom is -0.507 e. The molecule has 0 heterocycles. The van der Waals surface area contributed by atoms with E-state index < -0.39 is 0 Å². The number of hydrogen-bond acceptors (Lipinski definition) is 6. The molecular weight excluding hydrogens is 408 g/mol. The molecule has 0 unspecified atom stereocenters. The van der Waals surface area contributed by atoms with E-state index in [0.717, 1.165) is 36.8 Å². The maximum absolute atomic E-state index is 10.1. The Labute approximate surface area is 185 Å². The highest BCUT2D eigenvalue weighted by molar-refractivity contribution is 5.84. The molecule has 3 rings (SSSR count). The summed E-state index contributed by atoms with van der Waals surface area (Å²) in [7, 11) is 0. The van der Waals surface area contributed by atoms with Crippen LogP contribution in [0, 0.1) is 0 Å². The molecule has 2 N–H and O–H groups in total. The third-order valence-corrected chi connectivity index (χ3v) is 5.32. The van der Waals surface area contributed by atoms with E-state index in [1.54, 1.807) is 48.8 Å². The normalized spacial score (nSPS) is 18.4. The van der Waals surface area contributed by atoms with Gasteiger partial charge in [-0.1, -0.05) is 35.2 Å². The van der Waals surface area contributed by atoms with Crippen LogP contribution in [0.4, 0.5) is 0 Å². The molecule has 0 saturated heterocycles. The predicted octanol–water partition coefficient (Wildman–Crippen LogP) is 5.57. The molecule has 10 nitrogen and oxygen atoms in total. The Morgan fingerprint density at radius 2 is 1.22 bits per heavy atom. The van der Waals surface area contributed by atoms with Gasteiger partial charge in [0.15, 0.2) is 0 Å². The summed E-state index contributed by atoms with van der Waals surface area (Å²) < 4.78 is 0. The minimum absolute atomic E-state index is 0.0475. The van der Waals surface area contributed by atoms with Crippen molar-refractivity contribution in [3.05, 3.63) is 79.5 Å². The van der Waals surface area contributed by atoms with E-state index in [2.05, 4.69) is 20.1 Å². The summed E-state index contributed by atoms with van der Waals surface area (Å²) in [5.41, 5.74) is 19.7. The summed E-state index contributed by atoms with van der Waals surface area (Å²) in [6.07, 6.45) is 7.13. The van der Waals surface area contributed by atoms with Gasteiger partial charge >= 0.3 is 0 Å². The maximum atomic E-state index is 10.1. The quantitative estimate of drug-likeness (QED) is 0.241. The Kier molecular flexibility index (Phi) is 8.09. The Bertz CT molecular complexity index is 1010. The average Bonchev–Trinajstić information content (AvgIpc) is 2.81. The van der Waals surface area contributed by atoms with Crippen molar-refractivity contribution in [3.63, 3.8) is 0 Å². The Balaban J connectivity index is 1.77. The van der Waals surface area contributed by atoms with Gasteiger partial charge in [-0.15, -0.1) is 0 Å². The number of aromatic hydroxyl groups is 2. The first-order valence-electron chi connectivity index (χ1n) is 10.3. The third kappa shape index (κ3) is 6.25. The summed E-state index contributed by atoms with van der Waals surface area (Å²) in [5.74, 6) is 0.215. The monoisotopic (exact) mass is 432 g/mol. The van der Waals surface area contributed by atoms with Gasteiger partial charge in [0.2, 0.25) is 0 Å². The fourth-order valence-corrected chi connectivity index (χ4v) is 3.63. The molecule has 1 aliphatic rings. The molecule has 0 spiro atoms. The number of hydrogen-bond donors (Lipinski definition) is 2. The van der Waals surface area contributed by atoms with E-state index in [0.29, 0.717) is 11.1 Å². The molecule has 1 aliphatic carbocycles. The first-order valence-corrected chi connectivity index (χ1v) is 10.3. The molecule has 10 heteroatoms. The Morgan fingerprint density at radius 3 is 1.62 bits per heavy atom. The zero-order valence-electron chi connectivity index (χ0n) is 17.5. The summed E-state index contributed by atoms with van der Waals surface area (Å²) >= 11 is 0. The van der Waals surface area contributed by atoms with Crippen molar-refractivity contribution in [2.75, 3.05) is 0 Å².